The van der Waals surface area contributed by atoms with E-state index in [9.17, 15) is 14.4 Å². The number of hydrogen-bond acceptors (Lipinski definition) is 6. The molecule has 2 aromatic rings. The molecule has 3 heterocycles. The fourth-order valence-corrected chi connectivity index (χ4v) is 5.99. The number of anilines is 2. The van der Waals surface area contributed by atoms with Crippen molar-refractivity contribution >= 4 is 63.0 Å². The Morgan fingerprint density at radius 1 is 1.14 bits per heavy atom. The lowest BCUT2D eigenvalue weighted by Gasteiger charge is -2.18. The van der Waals surface area contributed by atoms with Gasteiger partial charge in [0.1, 0.15) is 10.9 Å². The van der Waals surface area contributed by atoms with E-state index in [1.807, 2.05) is 44.2 Å². The van der Waals surface area contributed by atoms with Gasteiger partial charge in [0.05, 0.1) is 28.8 Å². The maximum absolute atomic E-state index is 13.6. The van der Waals surface area contributed by atoms with Crippen LogP contribution in [0.2, 0.25) is 0 Å². The summed E-state index contributed by atoms with van der Waals surface area (Å²) in [6, 6.07) is 13.0. The van der Waals surface area contributed by atoms with Gasteiger partial charge in [-0.05, 0) is 44.4 Å². The zero-order chi connectivity index (χ0) is 24.7. The molecule has 3 amide bonds. The fourth-order valence-electron chi connectivity index (χ4n) is 4.64. The molecule has 0 bridgehead atoms. The Bertz CT molecular complexity index is 1280. The Morgan fingerprint density at radius 3 is 2.69 bits per heavy atom. The number of nitrogens with one attached hydrogen (secondary N) is 1. The maximum Gasteiger partial charge on any atom is 0.267 e. The molecule has 35 heavy (non-hydrogen) atoms. The Kier molecular flexibility index (Phi) is 6.48. The Morgan fingerprint density at radius 2 is 1.94 bits per heavy atom. The van der Waals surface area contributed by atoms with Crippen molar-refractivity contribution in [3.63, 3.8) is 0 Å². The number of carbonyl (C=O) groups is 3. The largest absolute Gasteiger partial charge is 0.376 e. The van der Waals surface area contributed by atoms with Gasteiger partial charge in [0.2, 0.25) is 5.91 Å². The van der Waals surface area contributed by atoms with Gasteiger partial charge in [-0.1, -0.05) is 59.9 Å². The first-order chi connectivity index (χ1) is 16.8. The van der Waals surface area contributed by atoms with Crippen LogP contribution in [0.3, 0.4) is 0 Å². The number of para-hydroxylation sites is 1. The first-order valence-electron chi connectivity index (χ1n) is 11.5. The van der Waals surface area contributed by atoms with Crippen LogP contribution in [0.1, 0.15) is 29.5 Å². The molecule has 1 unspecified atom stereocenters. The van der Waals surface area contributed by atoms with Gasteiger partial charge in [-0.25, -0.2) is 0 Å². The molecule has 0 aromatic heterocycles. The highest BCUT2D eigenvalue weighted by molar-refractivity contribution is 8.26. The van der Waals surface area contributed by atoms with Crippen LogP contribution in [-0.4, -0.2) is 52.7 Å². The molecule has 7 nitrogen and oxygen atoms in total. The van der Waals surface area contributed by atoms with E-state index in [0.29, 0.717) is 44.9 Å². The average molecular weight is 508 g/mol. The van der Waals surface area contributed by atoms with Gasteiger partial charge < -0.3 is 10.1 Å². The molecule has 5 rings (SSSR count). The molecule has 3 aliphatic rings. The second kappa shape index (κ2) is 9.56. The molecule has 1 atom stereocenters. The van der Waals surface area contributed by atoms with E-state index < -0.39 is 0 Å². The number of fused-ring (bicyclic) bond motifs is 1. The second-order valence-electron chi connectivity index (χ2n) is 8.90. The quantitative estimate of drug-likeness (QED) is 0.486. The molecular formula is C26H25N3O4S2. The summed E-state index contributed by atoms with van der Waals surface area (Å²) >= 11 is 6.63. The summed E-state index contributed by atoms with van der Waals surface area (Å²) in [4.78, 5) is 43.1. The van der Waals surface area contributed by atoms with Crippen molar-refractivity contribution < 1.29 is 19.1 Å². The van der Waals surface area contributed by atoms with Crippen molar-refractivity contribution in [2.75, 3.05) is 29.9 Å². The van der Waals surface area contributed by atoms with Crippen LogP contribution < -0.4 is 10.2 Å². The number of amides is 3. The lowest BCUT2D eigenvalue weighted by Crippen LogP contribution is -2.36. The van der Waals surface area contributed by atoms with Gasteiger partial charge in [0.25, 0.3) is 11.8 Å². The molecule has 0 spiro atoms. The van der Waals surface area contributed by atoms with Crippen LogP contribution in [0.15, 0.2) is 47.4 Å². The minimum absolute atomic E-state index is 0.0427. The van der Waals surface area contributed by atoms with Gasteiger partial charge in [0.15, 0.2) is 0 Å². The SMILES string of the molecule is Cc1ccc(NC(=O)CN2C(=O)C(=C3SC(=S)N(CC4CCCO4)C3=O)c3ccccc32)c(C)c1. The first kappa shape index (κ1) is 23.7. The molecule has 0 aliphatic carbocycles. The van der Waals surface area contributed by atoms with E-state index in [0.717, 1.165) is 35.7 Å². The molecule has 0 radical (unpaired) electrons. The Hall–Kier alpha value is -3.01. The van der Waals surface area contributed by atoms with Gasteiger partial charge in [-0.15, -0.1) is 0 Å². The monoisotopic (exact) mass is 507 g/mol. The number of thioether (sulfide) groups is 1. The number of hydrogen-bond donors (Lipinski definition) is 1. The number of rotatable bonds is 5. The summed E-state index contributed by atoms with van der Waals surface area (Å²) in [7, 11) is 0. The van der Waals surface area contributed by atoms with E-state index in [2.05, 4.69) is 5.32 Å². The van der Waals surface area contributed by atoms with Gasteiger partial charge in [-0.2, -0.15) is 0 Å². The molecule has 9 heteroatoms. The van der Waals surface area contributed by atoms with Crippen LogP contribution in [0.25, 0.3) is 5.57 Å². The lowest BCUT2D eigenvalue weighted by atomic mass is 10.1. The van der Waals surface area contributed by atoms with Crippen molar-refractivity contribution in [3.8, 4) is 0 Å². The fraction of sp³-hybridized carbons (Fsp3) is 0.308. The van der Waals surface area contributed by atoms with Crippen LogP contribution >= 0.6 is 24.0 Å². The topological polar surface area (TPSA) is 79.0 Å². The molecule has 180 valence electrons. The average Bonchev–Trinajstić information content (AvgIpc) is 3.51. The van der Waals surface area contributed by atoms with Crippen LogP contribution in [-0.2, 0) is 19.1 Å². The predicted octanol–water partition coefficient (Wildman–Crippen LogP) is 4.04. The number of thiocarbonyl (C=S) groups is 1. The number of benzene rings is 2. The second-order valence-corrected chi connectivity index (χ2v) is 10.5. The third-order valence-electron chi connectivity index (χ3n) is 6.37. The Labute approximate surface area is 213 Å². The summed E-state index contributed by atoms with van der Waals surface area (Å²) in [6.45, 7) is 4.83. The lowest BCUT2D eigenvalue weighted by molar-refractivity contribution is -0.123. The minimum atomic E-state index is -0.375. The number of nitrogens with zero attached hydrogens (tertiary/aromatic N) is 2. The number of carbonyl (C=O) groups excluding carboxylic acids is 3. The summed E-state index contributed by atoms with van der Waals surface area (Å²) in [5.74, 6) is -0.970. The molecule has 3 aliphatic heterocycles. The molecule has 2 aromatic carbocycles. The smallest absolute Gasteiger partial charge is 0.267 e. The van der Waals surface area contributed by atoms with Gasteiger partial charge in [0, 0.05) is 17.9 Å². The molecule has 0 saturated carbocycles. The van der Waals surface area contributed by atoms with Crippen LogP contribution in [0.5, 0.6) is 0 Å². The summed E-state index contributed by atoms with van der Waals surface area (Å²) in [5, 5.41) is 2.90. The Balaban J connectivity index is 1.41. The summed E-state index contributed by atoms with van der Waals surface area (Å²) in [6.07, 6.45) is 1.80. The van der Waals surface area contributed by atoms with Crippen molar-refractivity contribution in [1.29, 1.82) is 0 Å². The van der Waals surface area contributed by atoms with Crippen molar-refractivity contribution in [2.45, 2.75) is 32.8 Å². The first-order valence-corrected chi connectivity index (χ1v) is 12.7. The molecule has 2 fully saturated rings. The van der Waals surface area contributed by atoms with Crippen molar-refractivity contribution in [1.82, 2.24) is 4.90 Å². The third-order valence-corrected chi connectivity index (χ3v) is 7.82. The summed E-state index contributed by atoms with van der Waals surface area (Å²) in [5.41, 5.74) is 4.29. The molecule has 2 saturated heterocycles. The van der Waals surface area contributed by atoms with Crippen molar-refractivity contribution in [3.05, 3.63) is 64.1 Å². The van der Waals surface area contributed by atoms with E-state index in [-0.39, 0.29) is 30.4 Å². The standard InChI is InChI=1S/C26H25N3O4S2/c1-15-9-10-19(16(2)12-15)27-21(30)14-28-20-8-4-3-7-18(20)22(24(28)31)23-25(32)29(26(34)35-23)13-17-6-5-11-33-17/h3-4,7-10,12,17H,5-6,11,13-14H2,1-2H3,(H,27,30). The zero-order valence-corrected chi connectivity index (χ0v) is 21.1. The highest BCUT2D eigenvalue weighted by atomic mass is 32.2. The van der Waals surface area contributed by atoms with E-state index in [1.165, 1.54) is 9.80 Å². The predicted molar refractivity (Wildman–Crippen MR) is 141 cm³/mol. The minimum Gasteiger partial charge on any atom is -0.376 e. The van der Waals surface area contributed by atoms with Crippen LogP contribution in [0, 0.1) is 13.8 Å². The van der Waals surface area contributed by atoms with E-state index in [1.54, 1.807) is 12.1 Å². The highest BCUT2D eigenvalue weighted by Crippen LogP contribution is 2.44. The molecule has 1 N–H and O–H groups in total. The number of aryl methyl sites for hydroxylation is 2. The van der Waals surface area contributed by atoms with E-state index in [4.69, 9.17) is 17.0 Å². The van der Waals surface area contributed by atoms with Gasteiger partial charge in [-0.3, -0.25) is 24.2 Å². The zero-order valence-electron chi connectivity index (χ0n) is 19.5. The third kappa shape index (κ3) is 4.51. The van der Waals surface area contributed by atoms with Crippen LogP contribution in [0.4, 0.5) is 11.4 Å². The maximum atomic E-state index is 13.6. The van der Waals surface area contributed by atoms with Crippen molar-refractivity contribution in [2.24, 2.45) is 0 Å². The number of ether oxygens (including phenoxy) is 1. The summed E-state index contributed by atoms with van der Waals surface area (Å²) < 4.78 is 6.10. The molecular weight excluding hydrogens is 482 g/mol. The van der Waals surface area contributed by atoms with Gasteiger partial charge >= 0.3 is 0 Å². The highest BCUT2D eigenvalue weighted by Gasteiger charge is 2.43. The normalized spacial score (nSPS) is 21.8. The van der Waals surface area contributed by atoms with E-state index >= 15 is 0 Å².